The smallest absolute Gasteiger partial charge is 0.258 e. The largest absolute Gasteiger partial charge is 0.290 e. The van der Waals surface area contributed by atoms with Crippen molar-refractivity contribution in [1.82, 2.24) is 4.98 Å². The fourth-order valence-electron chi connectivity index (χ4n) is 1.02. The van der Waals surface area contributed by atoms with E-state index < -0.39 is 4.92 Å². The number of terminal acetylenes is 1. The zero-order valence-electron chi connectivity index (χ0n) is 7.37. The van der Waals surface area contributed by atoms with Gasteiger partial charge in [-0.1, -0.05) is 0 Å². The molecule has 0 bridgehead atoms. The Morgan fingerprint density at radius 2 is 2.23 bits per heavy atom. The monoisotopic (exact) mass is 176 g/mol. The average molecular weight is 176 g/mol. The van der Waals surface area contributed by atoms with E-state index in [0.717, 1.165) is 0 Å². The van der Waals surface area contributed by atoms with Gasteiger partial charge in [0.1, 0.15) is 11.4 Å². The Bertz CT molecular complexity index is 405. The third-order valence-electron chi connectivity index (χ3n) is 1.71. The fraction of sp³-hybridized carbons (Fsp3) is 0.222. The molecule has 1 heterocycles. The van der Waals surface area contributed by atoms with Gasteiger partial charge in [0, 0.05) is 6.07 Å². The molecule has 0 unspecified atom stereocenters. The van der Waals surface area contributed by atoms with Crippen LogP contribution < -0.4 is 0 Å². The molecule has 0 saturated heterocycles. The van der Waals surface area contributed by atoms with Crippen LogP contribution in [0.4, 0.5) is 5.69 Å². The lowest BCUT2D eigenvalue weighted by Gasteiger charge is -2.00. The molecule has 0 saturated carbocycles. The van der Waals surface area contributed by atoms with Gasteiger partial charge in [0.15, 0.2) is 0 Å². The van der Waals surface area contributed by atoms with Crippen molar-refractivity contribution < 1.29 is 4.92 Å². The van der Waals surface area contributed by atoms with Gasteiger partial charge in [0.25, 0.3) is 5.69 Å². The highest BCUT2D eigenvalue weighted by atomic mass is 16.6. The Morgan fingerprint density at radius 1 is 1.62 bits per heavy atom. The molecule has 0 N–H and O–H groups in total. The van der Waals surface area contributed by atoms with Gasteiger partial charge in [-0.3, -0.25) is 10.1 Å². The molecule has 4 heteroatoms. The highest BCUT2D eigenvalue weighted by Gasteiger charge is 2.13. The summed E-state index contributed by atoms with van der Waals surface area (Å²) < 4.78 is 0. The first kappa shape index (κ1) is 9.20. The summed E-state index contributed by atoms with van der Waals surface area (Å²) in [5.41, 5.74) is 1.47. The molecule has 66 valence electrons. The maximum absolute atomic E-state index is 10.5. The maximum Gasteiger partial charge on any atom is 0.290 e. The standard InChI is InChI=1S/C9H8N2O2/c1-4-8-6(2)5-9(11(12)13)7(3)10-8/h1,5H,2-3H3. The lowest BCUT2D eigenvalue weighted by atomic mass is 10.2. The number of nitro groups is 1. The molecule has 0 amide bonds. The van der Waals surface area contributed by atoms with E-state index in [4.69, 9.17) is 6.42 Å². The second kappa shape index (κ2) is 3.23. The quantitative estimate of drug-likeness (QED) is 0.371. The van der Waals surface area contributed by atoms with Crippen molar-refractivity contribution in [2.24, 2.45) is 0 Å². The Balaban J connectivity index is 3.39. The predicted octanol–water partition coefficient (Wildman–Crippen LogP) is 1.59. The summed E-state index contributed by atoms with van der Waals surface area (Å²) in [6, 6.07) is 1.44. The molecule has 0 atom stereocenters. The Morgan fingerprint density at radius 3 is 2.69 bits per heavy atom. The minimum atomic E-state index is -0.463. The summed E-state index contributed by atoms with van der Waals surface area (Å²) in [5, 5.41) is 10.5. The molecule has 0 aliphatic carbocycles. The van der Waals surface area contributed by atoms with Crippen molar-refractivity contribution in [2.45, 2.75) is 13.8 Å². The lowest BCUT2D eigenvalue weighted by Crippen LogP contribution is -1.98. The number of hydrogen-bond acceptors (Lipinski definition) is 3. The molecule has 0 aliphatic heterocycles. The number of hydrogen-bond donors (Lipinski definition) is 0. The van der Waals surface area contributed by atoms with Crippen molar-refractivity contribution in [3.05, 3.63) is 33.1 Å². The van der Waals surface area contributed by atoms with E-state index >= 15 is 0 Å². The molecule has 0 aliphatic rings. The first-order valence-corrected chi connectivity index (χ1v) is 3.65. The Labute approximate surface area is 75.8 Å². The van der Waals surface area contributed by atoms with Crippen LogP contribution in [0.15, 0.2) is 6.07 Å². The molecule has 4 nitrogen and oxygen atoms in total. The van der Waals surface area contributed by atoms with Crippen molar-refractivity contribution in [3.63, 3.8) is 0 Å². The SMILES string of the molecule is C#Cc1nc(C)c([N+](=O)[O-])cc1C. The van der Waals surface area contributed by atoms with Crippen LogP contribution in [0.5, 0.6) is 0 Å². The van der Waals surface area contributed by atoms with E-state index in [0.29, 0.717) is 17.0 Å². The van der Waals surface area contributed by atoms with E-state index in [1.54, 1.807) is 13.8 Å². The molecule has 1 aromatic heterocycles. The van der Waals surface area contributed by atoms with Gasteiger partial charge in [-0.25, -0.2) is 4.98 Å². The molecular weight excluding hydrogens is 168 g/mol. The first-order valence-electron chi connectivity index (χ1n) is 3.65. The summed E-state index contributed by atoms with van der Waals surface area (Å²) in [6.45, 7) is 3.27. The van der Waals surface area contributed by atoms with Crippen molar-refractivity contribution in [3.8, 4) is 12.3 Å². The normalized spacial score (nSPS) is 9.31. The number of aryl methyl sites for hydroxylation is 2. The maximum atomic E-state index is 10.5. The summed E-state index contributed by atoms with van der Waals surface area (Å²) in [5.74, 6) is 2.37. The fourth-order valence-corrected chi connectivity index (χ4v) is 1.02. The van der Waals surface area contributed by atoms with E-state index in [1.165, 1.54) is 6.07 Å². The molecule has 0 spiro atoms. The van der Waals surface area contributed by atoms with E-state index in [-0.39, 0.29) is 5.69 Å². The first-order chi connectivity index (χ1) is 6.06. The van der Waals surface area contributed by atoms with E-state index in [9.17, 15) is 10.1 Å². The third kappa shape index (κ3) is 1.64. The van der Waals surface area contributed by atoms with Crippen molar-refractivity contribution >= 4 is 5.69 Å². The summed E-state index contributed by atoms with van der Waals surface area (Å²) in [4.78, 5) is 14.0. The third-order valence-corrected chi connectivity index (χ3v) is 1.71. The van der Waals surface area contributed by atoms with Gasteiger partial charge in [0.05, 0.1) is 4.92 Å². The minimum absolute atomic E-state index is 0.0106. The number of nitrogens with zero attached hydrogens (tertiary/aromatic N) is 2. The molecule has 0 radical (unpaired) electrons. The summed E-state index contributed by atoms with van der Waals surface area (Å²) in [7, 11) is 0. The predicted molar refractivity (Wildman–Crippen MR) is 48.3 cm³/mol. The molecule has 0 aromatic carbocycles. The summed E-state index contributed by atoms with van der Waals surface area (Å²) >= 11 is 0. The summed E-state index contributed by atoms with van der Waals surface area (Å²) in [6.07, 6.45) is 5.16. The number of rotatable bonds is 1. The number of pyridine rings is 1. The van der Waals surface area contributed by atoms with Crippen molar-refractivity contribution in [1.29, 1.82) is 0 Å². The molecule has 1 aromatic rings. The van der Waals surface area contributed by atoms with Crippen LogP contribution in [0, 0.1) is 36.3 Å². The zero-order chi connectivity index (χ0) is 10.0. The number of aromatic nitrogens is 1. The lowest BCUT2D eigenvalue weighted by molar-refractivity contribution is -0.385. The Hall–Kier alpha value is -1.89. The van der Waals surface area contributed by atoms with Crippen LogP contribution in [0.2, 0.25) is 0 Å². The van der Waals surface area contributed by atoms with E-state index in [1.807, 2.05) is 0 Å². The molecular formula is C9H8N2O2. The average Bonchev–Trinajstić information content (AvgIpc) is 2.07. The van der Waals surface area contributed by atoms with Crippen LogP contribution in [-0.2, 0) is 0 Å². The van der Waals surface area contributed by atoms with Crippen molar-refractivity contribution in [2.75, 3.05) is 0 Å². The molecule has 1 rings (SSSR count). The van der Waals surface area contributed by atoms with Gasteiger partial charge >= 0.3 is 0 Å². The van der Waals surface area contributed by atoms with Gasteiger partial charge in [-0.15, -0.1) is 6.42 Å². The second-order valence-electron chi connectivity index (χ2n) is 2.66. The Kier molecular flexibility index (Phi) is 2.29. The van der Waals surface area contributed by atoms with Gasteiger partial charge < -0.3 is 0 Å². The van der Waals surface area contributed by atoms with Crippen LogP contribution >= 0.6 is 0 Å². The van der Waals surface area contributed by atoms with E-state index in [2.05, 4.69) is 10.9 Å². The second-order valence-corrected chi connectivity index (χ2v) is 2.66. The van der Waals surface area contributed by atoms with Gasteiger partial charge in [-0.2, -0.15) is 0 Å². The minimum Gasteiger partial charge on any atom is -0.258 e. The zero-order valence-corrected chi connectivity index (χ0v) is 7.37. The van der Waals surface area contributed by atoms with Gasteiger partial charge in [0.2, 0.25) is 0 Å². The highest BCUT2D eigenvalue weighted by molar-refractivity contribution is 5.44. The van der Waals surface area contributed by atoms with Crippen LogP contribution in [0.3, 0.4) is 0 Å². The van der Waals surface area contributed by atoms with Gasteiger partial charge in [-0.05, 0) is 25.3 Å². The molecule has 0 fully saturated rings. The van der Waals surface area contributed by atoms with Crippen LogP contribution in [-0.4, -0.2) is 9.91 Å². The highest BCUT2D eigenvalue weighted by Crippen LogP contribution is 2.18. The topological polar surface area (TPSA) is 56.0 Å². The van der Waals surface area contributed by atoms with Crippen LogP contribution in [0.1, 0.15) is 17.0 Å². The van der Waals surface area contributed by atoms with Crippen LogP contribution in [0.25, 0.3) is 0 Å². The molecule has 13 heavy (non-hydrogen) atoms.